The van der Waals surface area contributed by atoms with Crippen LogP contribution in [0.2, 0.25) is 0 Å². The summed E-state index contributed by atoms with van der Waals surface area (Å²) in [7, 11) is 0. The third-order valence-electron chi connectivity index (χ3n) is 3.17. The van der Waals surface area contributed by atoms with Crippen molar-refractivity contribution in [3.8, 4) is 0 Å². The highest BCUT2D eigenvalue weighted by Crippen LogP contribution is 2.41. The van der Waals surface area contributed by atoms with E-state index in [0.29, 0.717) is 5.41 Å². The van der Waals surface area contributed by atoms with Crippen LogP contribution in [0.1, 0.15) is 47.0 Å². The predicted molar refractivity (Wildman–Crippen MR) is 63.1 cm³/mol. The highest BCUT2D eigenvalue weighted by molar-refractivity contribution is 4.85. The van der Waals surface area contributed by atoms with Crippen LogP contribution in [-0.4, -0.2) is 6.54 Å². The maximum atomic E-state index is 3.38. The molecule has 0 radical (unpaired) electrons. The molecule has 1 fully saturated rings. The molecule has 14 heavy (non-hydrogen) atoms. The first-order chi connectivity index (χ1) is 6.53. The van der Waals surface area contributed by atoms with E-state index < -0.39 is 0 Å². The topological polar surface area (TPSA) is 12.0 Å². The minimum absolute atomic E-state index is 0.555. The van der Waals surface area contributed by atoms with Crippen LogP contribution in [0.15, 0.2) is 12.3 Å². The molecule has 0 aromatic heterocycles. The monoisotopic (exact) mass is 195 g/mol. The second-order valence-electron chi connectivity index (χ2n) is 5.69. The van der Waals surface area contributed by atoms with Crippen LogP contribution < -0.4 is 5.32 Å². The third-order valence-corrected chi connectivity index (χ3v) is 3.17. The number of rotatable bonds is 3. The summed E-state index contributed by atoms with van der Waals surface area (Å²) in [6.07, 6.45) is 8.30. The van der Waals surface area contributed by atoms with E-state index in [1.807, 2.05) is 0 Å². The van der Waals surface area contributed by atoms with Gasteiger partial charge in [-0.1, -0.05) is 26.8 Å². The first kappa shape index (κ1) is 11.6. The zero-order chi connectivity index (χ0) is 10.6. The Bertz CT molecular complexity index is 193. The Kier molecular flexibility index (Phi) is 4.03. The molecule has 0 aliphatic heterocycles. The van der Waals surface area contributed by atoms with Gasteiger partial charge in [-0.15, -0.1) is 0 Å². The smallest absolute Gasteiger partial charge is 0.0170 e. The van der Waals surface area contributed by atoms with E-state index in [1.165, 1.54) is 19.3 Å². The van der Waals surface area contributed by atoms with E-state index in [-0.39, 0.29) is 0 Å². The van der Waals surface area contributed by atoms with E-state index >= 15 is 0 Å². The molecule has 0 bridgehead atoms. The normalized spacial score (nSPS) is 32.0. The molecule has 1 nitrogen and oxygen atoms in total. The van der Waals surface area contributed by atoms with Crippen molar-refractivity contribution in [2.45, 2.75) is 47.0 Å². The van der Waals surface area contributed by atoms with Crippen LogP contribution in [-0.2, 0) is 0 Å². The van der Waals surface area contributed by atoms with Crippen molar-refractivity contribution in [3.05, 3.63) is 12.3 Å². The Morgan fingerprint density at radius 2 is 2.07 bits per heavy atom. The van der Waals surface area contributed by atoms with Crippen molar-refractivity contribution >= 4 is 0 Å². The summed E-state index contributed by atoms with van der Waals surface area (Å²) in [6.45, 7) is 10.4. The molecule has 2 unspecified atom stereocenters. The Hall–Kier alpha value is -0.460. The summed E-state index contributed by atoms with van der Waals surface area (Å²) in [5, 5.41) is 3.38. The summed E-state index contributed by atoms with van der Waals surface area (Å²) in [4.78, 5) is 0. The van der Waals surface area contributed by atoms with E-state index in [2.05, 4.69) is 45.3 Å². The predicted octanol–water partition coefficient (Wildman–Crippen LogP) is 3.57. The van der Waals surface area contributed by atoms with Gasteiger partial charge in [0, 0.05) is 6.54 Å². The molecule has 0 amide bonds. The largest absolute Gasteiger partial charge is 0.391 e. The summed E-state index contributed by atoms with van der Waals surface area (Å²) >= 11 is 0. The Morgan fingerprint density at radius 1 is 1.36 bits per heavy atom. The Morgan fingerprint density at radius 3 is 2.64 bits per heavy atom. The number of hydrogen-bond acceptors (Lipinski definition) is 1. The van der Waals surface area contributed by atoms with Crippen LogP contribution >= 0.6 is 0 Å². The van der Waals surface area contributed by atoms with Crippen molar-refractivity contribution in [1.82, 2.24) is 5.32 Å². The van der Waals surface area contributed by atoms with Gasteiger partial charge in [-0.05, 0) is 49.6 Å². The van der Waals surface area contributed by atoms with Crippen LogP contribution in [0.25, 0.3) is 0 Å². The molecular formula is C13H25N. The van der Waals surface area contributed by atoms with Gasteiger partial charge in [-0.25, -0.2) is 0 Å². The van der Waals surface area contributed by atoms with Gasteiger partial charge in [0.2, 0.25) is 0 Å². The van der Waals surface area contributed by atoms with Crippen molar-refractivity contribution in [3.63, 3.8) is 0 Å². The standard InChI is InChI=1S/C13H25N/c1-5-6-14-10-12-7-11(2)8-13(3,4)9-12/h5-6,11-12,14H,7-10H2,1-4H3. The van der Waals surface area contributed by atoms with Crippen molar-refractivity contribution < 1.29 is 0 Å². The van der Waals surface area contributed by atoms with Crippen LogP contribution in [0.3, 0.4) is 0 Å². The van der Waals surface area contributed by atoms with Gasteiger partial charge in [-0.3, -0.25) is 0 Å². The highest BCUT2D eigenvalue weighted by atomic mass is 14.8. The number of hydrogen-bond donors (Lipinski definition) is 1. The lowest BCUT2D eigenvalue weighted by atomic mass is 9.68. The second kappa shape index (κ2) is 4.86. The average Bonchev–Trinajstić information content (AvgIpc) is 2.00. The molecule has 1 rings (SSSR count). The molecule has 0 aromatic carbocycles. The van der Waals surface area contributed by atoms with Crippen LogP contribution in [0, 0.1) is 17.3 Å². The van der Waals surface area contributed by atoms with Crippen molar-refractivity contribution in [2.24, 2.45) is 17.3 Å². The zero-order valence-electron chi connectivity index (χ0n) is 10.1. The molecule has 1 N–H and O–H groups in total. The molecule has 2 atom stereocenters. The number of nitrogens with one attached hydrogen (secondary N) is 1. The minimum Gasteiger partial charge on any atom is -0.391 e. The molecule has 1 aliphatic rings. The number of allylic oxidation sites excluding steroid dienone is 1. The Labute approximate surface area is 89.0 Å². The van der Waals surface area contributed by atoms with Crippen molar-refractivity contribution in [2.75, 3.05) is 6.54 Å². The van der Waals surface area contributed by atoms with Gasteiger partial charge in [0.25, 0.3) is 0 Å². The molecule has 82 valence electrons. The minimum atomic E-state index is 0.555. The quantitative estimate of drug-likeness (QED) is 0.726. The molecule has 0 aromatic rings. The van der Waals surface area contributed by atoms with Crippen LogP contribution in [0.4, 0.5) is 0 Å². The maximum absolute atomic E-state index is 3.38. The average molecular weight is 195 g/mol. The van der Waals surface area contributed by atoms with Gasteiger partial charge in [0.05, 0.1) is 0 Å². The maximum Gasteiger partial charge on any atom is 0.0170 e. The molecular weight excluding hydrogens is 170 g/mol. The lowest BCUT2D eigenvalue weighted by molar-refractivity contribution is 0.134. The van der Waals surface area contributed by atoms with Crippen molar-refractivity contribution in [1.29, 1.82) is 0 Å². The fourth-order valence-corrected chi connectivity index (χ4v) is 3.05. The van der Waals surface area contributed by atoms with Gasteiger partial charge in [0.15, 0.2) is 0 Å². The first-order valence-corrected chi connectivity index (χ1v) is 5.88. The first-order valence-electron chi connectivity index (χ1n) is 5.88. The van der Waals surface area contributed by atoms with Gasteiger partial charge in [0.1, 0.15) is 0 Å². The molecule has 1 aliphatic carbocycles. The molecule has 1 saturated carbocycles. The molecule has 1 heteroatoms. The van der Waals surface area contributed by atoms with Gasteiger partial charge in [-0.2, -0.15) is 0 Å². The molecule has 0 heterocycles. The lowest BCUT2D eigenvalue weighted by Gasteiger charge is -2.39. The Balaban J connectivity index is 2.38. The van der Waals surface area contributed by atoms with E-state index in [0.717, 1.165) is 18.4 Å². The fourth-order valence-electron chi connectivity index (χ4n) is 3.05. The molecule has 0 spiro atoms. The highest BCUT2D eigenvalue weighted by Gasteiger charge is 2.31. The SMILES string of the molecule is CC=CNCC1CC(C)CC(C)(C)C1. The zero-order valence-corrected chi connectivity index (χ0v) is 10.1. The summed E-state index contributed by atoms with van der Waals surface area (Å²) < 4.78 is 0. The summed E-state index contributed by atoms with van der Waals surface area (Å²) in [5.41, 5.74) is 0.555. The third kappa shape index (κ3) is 3.73. The summed E-state index contributed by atoms with van der Waals surface area (Å²) in [5.74, 6) is 1.76. The van der Waals surface area contributed by atoms with E-state index in [1.54, 1.807) is 0 Å². The fraction of sp³-hybridized carbons (Fsp3) is 0.846. The summed E-state index contributed by atoms with van der Waals surface area (Å²) in [6, 6.07) is 0. The van der Waals surface area contributed by atoms with Gasteiger partial charge < -0.3 is 5.32 Å². The second-order valence-corrected chi connectivity index (χ2v) is 5.69. The lowest BCUT2D eigenvalue weighted by Crippen LogP contribution is -2.32. The molecule has 0 saturated heterocycles. The van der Waals surface area contributed by atoms with Gasteiger partial charge >= 0.3 is 0 Å². The van der Waals surface area contributed by atoms with Crippen LogP contribution in [0.5, 0.6) is 0 Å². The van der Waals surface area contributed by atoms with E-state index in [9.17, 15) is 0 Å². The van der Waals surface area contributed by atoms with E-state index in [4.69, 9.17) is 0 Å².